The van der Waals surface area contributed by atoms with E-state index >= 15 is 0 Å². The lowest BCUT2D eigenvalue weighted by atomic mass is 10.1. The lowest BCUT2D eigenvalue weighted by molar-refractivity contribution is 0.233. The summed E-state index contributed by atoms with van der Waals surface area (Å²) in [4.78, 5) is 11.7. The highest BCUT2D eigenvalue weighted by molar-refractivity contribution is 5.73. The molecule has 0 aromatic heterocycles. The largest absolute Gasteiger partial charge is 0.457 e. The molecule has 1 atom stereocenters. The molecule has 25 heavy (non-hydrogen) atoms. The topological polar surface area (TPSA) is 70.6 Å². The minimum Gasteiger partial charge on any atom is -0.457 e. The summed E-state index contributed by atoms with van der Waals surface area (Å²) in [6.45, 7) is 3.01. The van der Waals surface area contributed by atoms with Gasteiger partial charge in [-0.15, -0.1) is 0 Å². The van der Waals surface area contributed by atoms with Crippen LogP contribution in [0, 0.1) is 11.7 Å². The molecular formula is C19H23FN2O3. The maximum absolute atomic E-state index is 12.9. The van der Waals surface area contributed by atoms with E-state index in [-0.39, 0.29) is 24.4 Å². The van der Waals surface area contributed by atoms with Gasteiger partial charge in [0.1, 0.15) is 17.3 Å². The molecule has 0 bridgehead atoms. The Kier molecular flexibility index (Phi) is 7.22. The van der Waals surface area contributed by atoms with Crippen LogP contribution >= 0.6 is 0 Å². The maximum Gasteiger partial charge on any atom is 0.315 e. The summed E-state index contributed by atoms with van der Waals surface area (Å²) in [6.07, 6.45) is 0.662. The number of aliphatic hydroxyl groups is 1. The average Bonchev–Trinajstić information content (AvgIpc) is 2.61. The number of amides is 2. The second-order valence-corrected chi connectivity index (χ2v) is 5.88. The van der Waals surface area contributed by atoms with Crippen LogP contribution in [-0.2, 0) is 6.54 Å². The Bertz CT molecular complexity index is 659. The molecule has 2 aromatic carbocycles. The van der Waals surface area contributed by atoms with Gasteiger partial charge in [-0.05, 0) is 54.3 Å². The van der Waals surface area contributed by atoms with Gasteiger partial charge in [-0.1, -0.05) is 19.1 Å². The maximum atomic E-state index is 12.9. The zero-order valence-electron chi connectivity index (χ0n) is 14.2. The average molecular weight is 346 g/mol. The van der Waals surface area contributed by atoms with E-state index in [2.05, 4.69) is 10.6 Å². The first-order chi connectivity index (χ1) is 12.1. The van der Waals surface area contributed by atoms with Crippen LogP contribution in [0.3, 0.4) is 0 Å². The minimum absolute atomic E-state index is 0.122. The van der Waals surface area contributed by atoms with Crippen molar-refractivity contribution < 1.29 is 19.0 Å². The second kappa shape index (κ2) is 9.64. The number of urea groups is 1. The number of halogens is 1. The molecular weight excluding hydrogens is 323 g/mol. The quantitative estimate of drug-likeness (QED) is 0.686. The van der Waals surface area contributed by atoms with Gasteiger partial charge in [0.2, 0.25) is 0 Å². The minimum atomic E-state index is -0.308. The molecule has 0 heterocycles. The van der Waals surface area contributed by atoms with Gasteiger partial charge in [-0.2, -0.15) is 0 Å². The Morgan fingerprint density at radius 1 is 1.08 bits per heavy atom. The number of rotatable bonds is 8. The molecule has 2 aromatic rings. The van der Waals surface area contributed by atoms with Crippen molar-refractivity contribution in [3.63, 3.8) is 0 Å². The van der Waals surface area contributed by atoms with Crippen LogP contribution in [0.15, 0.2) is 48.5 Å². The van der Waals surface area contributed by atoms with E-state index in [1.54, 1.807) is 24.3 Å². The third kappa shape index (κ3) is 6.81. The van der Waals surface area contributed by atoms with E-state index in [0.717, 1.165) is 5.56 Å². The molecule has 6 heteroatoms. The van der Waals surface area contributed by atoms with Crippen molar-refractivity contribution in [2.24, 2.45) is 5.92 Å². The van der Waals surface area contributed by atoms with Gasteiger partial charge in [-0.3, -0.25) is 0 Å². The van der Waals surface area contributed by atoms with E-state index in [0.29, 0.717) is 31.0 Å². The Morgan fingerprint density at radius 2 is 1.68 bits per heavy atom. The fraction of sp³-hybridized carbons (Fsp3) is 0.316. The smallest absolute Gasteiger partial charge is 0.315 e. The number of carbonyl (C=O) groups excluding carboxylic acids is 1. The number of nitrogens with one attached hydrogen (secondary N) is 2. The van der Waals surface area contributed by atoms with Gasteiger partial charge in [0, 0.05) is 19.7 Å². The number of hydrogen-bond donors (Lipinski definition) is 3. The Labute approximate surface area is 146 Å². The third-order valence-corrected chi connectivity index (χ3v) is 3.66. The van der Waals surface area contributed by atoms with Crippen molar-refractivity contribution in [1.82, 2.24) is 10.6 Å². The molecule has 134 valence electrons. The summed E-state index contributed by atoms with van der Waals surface area (Å²) < 4.78 is 18.5. The monoisotopic (exact) mass is 346 g/mol. The van der Waals surface area contributed by atoms with Crippen molar-refractivity contribution in [3.05, 3.63) is 59.9 Å². The highest BCUT2D eigenvalue weighted by atomic mass is 19.1. The number of ether oxygens (including phenoxy) is 1. The molecule has 0 spiro atoms. The van der Waals surface area contributed by atoms with Crippen molar-refractivity contribution >= 4 is 6.03 Å². The number of carbonyl (C=O) groups is 1. The Morgan fingerprint density at radius 3 is 2.28 bits per heavy atom. The molecule has 0 saturated heterocycles. The molecule has 0 aliphatic carbocycles. The normalized spacial score (nSPS) is 11.6. The zero-order chi connectivity index (χ0) is 18.1. The van der Waals surface area contributed by atoms with Gasteiger partial charge in [0.05, 0.1) is 0 Å². The van der Waals surface area contributed by atoms with E-state index in [1.807, 2.05) is 19.1 Å². The van der Waals surface area contributed by atoms with Crippen LogP contribution in [0.4, 0.5) is 9.18 Å². The van der Waals surface area contributed by atoms with Crippen LogP contribution in [0.25, 0.3) is 0 Å². The highest BCUT2D eigenvalue weighted by Gasteiger charge is 2.05. The van der Waals surface area contributed by atoms with Crippen LogP contribution in [0.5, 0.6) is 11.5 Å². The summed E-state index contributed by atoms with van der Waals surface area (Å²) in [6, 6.07) is 12.9. The molecule has 2 amide bonds. The summed E-state index contributed by atoms with van der Waals surface area (Å²) in [5.74, 6) is 1.12. The standard InChI is InChI=1S/C19H23FN2O3/c1-14(10-11-23)12-21-19(24)22-13-15-2-6-17(7-3-15)25-18-8-4-16(20)5-9-18/h2-9,14,23H,10-13H2,1H3,(H2,21,22,24). The first-order valence-corrected chi connectivity index (χ1v) is 8.21. The van der Waals surface area contributed by atoms with Crippen molar-refractivity contribution in [2.45, 2.75) is 19.9 Å². The van der Waals surface area contributed by atoms with E-state index in [1.165, 1.54) is 12.1 Å². The Balaban J connectivity index is 1.76. The molecule has 2 rings (SSSR count). The van der Waals surface area contributed by atoms with Crippen LogP contribution in [-0.4, -0.2) is 24.3 Å². The van der Waals surface area contributed by atoms with Crippen molar-refractivity contribution in [2.75, 3.05) is 13.2 Å². The fourth-order valence-corrected chi connectivity index (χ4v) is 2.15. The molecule has 0 aliphatic rings. The van der Waals surface area contributed by atoms with Gasteiger partial charge in [0.25, 0.3) is 0 Å². The lowest BCUT2D eigenvalue weighted by Gasteiger charge is -2.12. The molecule has 0 saturated carbocycles. The molecule has 0 fully saturated rings. The van der Waals surface area contributed by atoms with Crippen LogP contribution in [0.2, 0.25) is 0 Å². The van der Waals surface area contributed by atoms with Gasteiger partial charge in [0.15, 0.2) is 0 Å². The Hall–Kier alpha value is -2.60. The van der Waals surface area contributed by atoms with Crippen molar-refractivity contribution in [1.29, 1.82) is 0 Å². The summed E-state index contributed by atoms with van der Waals surface area (Å²) in [7, 11) is 0. The van der Waals surface area contributed by atoms with Crippen LogP contribution < -0.4 is 15.4 Å². The molecule has 1 unspecified atom stereocenters. The molecule has 5 nitrogen and oxygen atoms in total. The zero-order valence-corrected chi connectivity index (χ0v) is 14.2. The SMILES string of the molecule is CC(CCO)CNC(=O)NCc1ccc(Oc2ccc(F)cc2)cc1. The number of benzene rings is 2. The highest BCUT2D eigenvalue weighted by Crippen LogP contribution is 2.21. The molecule has 0 aliphatic heterocycles. The first kappa shape index (κ1) is 18.7. The summed E-state index contributed by atoms with van der Waals surface area (Å²) in [5.41, 5.74) is 0.935. The molecule has 3 N–H and O–H groups in total. The number of aliphatic hydroxyl groups excluding tert-OH is 1. The van der Waals surface area contributed by atoms with E-state index in [9.17, 15) is 9.18 Å². The van der Waals surface area contributed by atoms with Gasteiger partial charge >= 0.3 is 6.03 Å². The lowest BCUT2D eigenvalue weighted by Crippen LogP contribution is -2.37. The third-order valence-electron chi connectivity index (χ3n) is 3.66. The van der Waals surface area contributed by atoms with Gasteiger partial charge < -0.3 is 20.5 Å². The first-order valence-electron chi connectivity index (χ1n) is 8.21. The second-order valence-electron chi connectivity index (χ2n) is 5.88. The van der Waals surface area contributed by atoms with Crippen LogP contribution in [0.1, 0.15) is 18.9 Å². The van der Waals surface area contributed by atoms with E-state index < -0.39 is 0 Å². The van der Waals surface area contributed by atoms with Gasteiger partial charge in [-0.25, -0.2) is 9.18 Å². The number of hydrogen-bond acceptors (Lipinski definition) is 3. The molecule has 0 radical (unpaired) electrons. The van der Waals surface area contributed by atoms with E-state index in [4.69, 9.17) is 9.84 Å². The summed E-state index contributed by atoms with van der Waals surface area (Å²) in [5, 5.41) is 14.4. The fourth-order valence-electron chi connectivity index (χ4n) is 2.15. The van der Waals surface area contributed by atoms with Crippen molar-refractivity contribution in [3.8, 4) is 11.5 Å². The summed E-state index contributed by atoms with van der Waals surface area (Å²) >= 11 is 0. The predicted molar refractivity (Wildman–Crippen MR) is 94.0 cm³/mol. The predicted octanol–water partition coefficient (Wildman–Crippen LogP) is 3.44.